The Kier molecular flexibility index (Phi) is 6.25. The maximum absolute atomic E-state index is 13.0. The molecule has 1 saturated heterocycles. The van der Waals surface area contributed by atoms with Gasteiger partial charge in [0.05, 0.1) is 19.3 Å². The quantitative estimate of drug-likeness (QED) is 0.661. The van der Waals surface area contributed by atoms with E-state index in [0.717, 1.165) is 41.6 Å². The van der Waals surface area contributed by atoms with Gasteiger partial charge in [-0.1, -0.05) is 12.1 Å². The van der Waals surface area contributed by atoms with Crippen LogP contribution < -0.4 is 10.1 Å². The molecule has 3 aromatic rings. The number of piperazine rings is 1. The lowest BCUT2D eigenvalue weighted by molar-refractivity contribution is 0.143. The van der Waals surface area contributed by atoms with Gasteiger partial charge in [-0.05, 0) is 36.4 Å². The van der Waals surface area contributed by atoms with E-state index in [9.17, 15) is 9.18 Å². The van der Waals surface area contributed by atoms with Crippen LogP contribution in [0.15, 0.2) is 53.9 Å². The lowest BCUT2D eigenvalue weighted by Crippen LogP contribution is -2.49. The molecule has 0 atom stereocenters. The van der Waals surface area contributed by atoms with E-state index >= 15 is 0 Å². The summed E-state index contributed by atoms with van der Waals surface area (Å²) in [6, 6.07) is 13.5. The number of hydrogen-bond donors (Lipinski definition) is 1. The van der Waals surface area contributed by atoms with Crippen LogP contribution in [0.1, 0.15) is 5.01 Å². The van der Waals surface area contributed by atoms with Crippen LogP contribution in [0.3, 0.4) is 0 Å². The maximum atomic E-state index is 13.0. The molecular weight excluding hydrogens is 403 g/mol. The molecular formula is C22H23FN4O2S. The molecule has 0 radical (unpaired) electrons. The molecule has 1 aromatic heterocycles. The van der Waals surface area contributed by atoms with Crippen molar-refractivity contribution in [2.75, 3.05) is 38.6 Å². The van der Waals surface area contributed by atoms with Crippen LogP contribution in [0.4, 0.5) is 14.9 Å². The van der Waals surface area contributed by atoms with Crippen molar-refractivity contribution in [3.8, 4) is 17.0 Å². The number of benzene rings is 2. The number of urea groups is 1. The van der Waals surface area contributed by atoms with Gasteiger partial charge in [-0.3, -0.25) is 4.90 Å². The zero-order valence-corrected chi connectivity index (χ0v) is 17.5. The largest absolute Gasteiger partial charge is 0.497 e. The highest BCUT2D eigenvalue weighted by Gasteiger charge is 2.22. The smallest absolute Gasteiger partial charge is 0.321 e. The van der Waals surface area contributed by atoms with Crippen molar-refractivity contribution in [3.63, 3.8) is 0 Å². The van der Waals surface area contributed by atoms with E-state index in [2.05, 4.69) is 15.6 Å². The molecule has 1 aliphatic rings. The predicted octanol–water partition coefficient (Wildman–Crippen LogP) is 4.31. The fraction of sp³-hybridized carbons (Fsp3) is 0.273. The molecule has 0 unspecified atom stereocenters. The van der Waals surface area contributed by atoms with E-state index in [1.165, 1.54) is 12.1 Å². The summed E-state index contributed by atoms with van der Waals surface area (Å²) < 4.78 is 18.3. The number of halogens is 1. The maximum Gasteiger partial charge on any atom is 0.321 e. The summed E-state index contributed by atoms with van der Waals surface area (Å²) in [6.07, 6.45) is 0. The summed E-state index contributed by atoms with van der Waals surface area (Å²) in [5, 5.41) is 5.93. The third-order valence-electron chi connectivity index (χ3n) is 5.03. The Labute approximate surface area is 178 Å². The molecule has 6 nitrogen and oxygen atoms in total. The second-order valence-electron chi connectivity index (χ2n) is 7.06. The molecule has 0 bridgehead atoms. The lowest BCUT2D eigenvalue weighted by Gasteiger charge is -2.34. The Bertz CT molecular complexity index is 1000. The average Bonchev–Trinajstić information content (AvgIpc) is 3.24. The van der Waals surface area contributed by atoms with E-state index in [1.54, 1.807) is 35.5 Å². The van der Waals surface area contributed by atoms with Crippen LogP contribution in [-0.2, 0) is 6.54 Å². The molecule has 156 valence electrons. The van der Waals surface area contributed by atoms with Gasteiger partial charge in [-0.2, -0.15) is 0 Å². The van der Waals surface area contributed by atoms with Gasteiger partial charge in [-0.25, -0.2) is 14.2 Å². The molecule has 2 heterocycles. The van der Waals surface area contributed by atoms with E-state index in [-0.39, 0.29) is 11.8 Å². The number of nitrogens with zero attached hydrogens (tertiary/aromatic N) is 3. The second kappa shape index (κ2) is 9.23. The summed E-state index contributed by atoms with van der Waals surface area (Å²) in [4.78, 5) is 21.3. The molecule has 1 fully saturated rings. The second-order valence-corrected chi connectivity index (χ2v) is 8.00. The molecule has 0 spiro atoms. The number of aromatic nitrogens is 1. The van der Waals surface area contributed by atoms with Crippen molar-refractivity contribution in [1.29, 1.82) is 0 Å². The fourth-order valence-electron chi connectivity index (χ4n) is 3.33. The SMILES string of the molecule is COc1cccc(-c2csc(CN3CCN(C(=O)Nc4ccc(F)cc4)CC3)n2)c1. The Morgan fingerprint density at radius 1 is 1.17 bits per heavy atom. The monoisotopic (exact) mass is 426 g/mol. The highest BCUT2D eigenvalue weighted by molar-refractivity contribution is 7.09. The van der Waals surface area contributed by atoms with Crippen molar-refractivity contribution in [3.05, 3.63) is 64.7 Å². The summed E-state index contributed by atoms with van der Waals surface area (Å²) in [5.74, 6) is 0.496. The molecule has 30 heavy (non-hydrogen) atoms. The molecule has 8 heteroatoms. The minimum atomic E-state index is -0.321. The number of carbonyl (C=O) groups excluding carboxylic acids is 1. The van der Waals surface area contributed by atoms with Gasteiger partial charge in [0.2, 0.25) is 0 Å². The first-order chi connectivity index (χ1) is 14.6. The Morgan fingerprint density at radius 3 is 2.67 bits per heavy atom. The molecule has 2 aromatic carbocycles. The van der Waals surface area contributed by atoms with Crippen LogP contribution in [0, 0.1) is 5.82 Å². The molecule has 0 saturated carbocycles. The first-order valence-electron chi connectivity index (χ1n) is 9.73. The molecule has 0 aliphatic carbocycles. The van der Waals surface area contributed by atoms with E-state index in [0.29, 0.717) is 18.8 Å². The molecule has 1 N–H and O–H groups in total. The van der Waals surface area contributed by atoms with Crippen LogP contribution in [0.25, 0.3) is 11.3 Å². The Morgan fingerprint density at radius 2 is 1.93 bits per heavy atom. The van der Waals surface area contributed by atoms with Crippen molar-refractivity contribution < 1.29 is 13.9 Å². The molecule has 2 amide bonds. The third kappa shape index (κ3) is 4.95. The molecule has 4 rings (SSSR count). The minimum absolute atomic E-state index is 0.157. The van der Waals surface area contributed by atoms with Crippen LogP contribution in [0.2, 0.25) is 0 Å². The number of nitrogens with one attached hydrogen (secondary N) is 1. The number of ether oxygens (including phenoxy) is 1. The molecule has 1 aliphatic heterocycles. The summed E-state index contributed by atoms with van der Waals surface area (Å²) >= 11 is 1.64. The zero-order chi connectivity index (χ0) is 20.9. The highest BCUT2D eigenvalue weighted by atomic mass is 32.1. The number of carbonyl (C=O) groups is 1. The summed E-state index contributed by atoms with van der Waals surface area (Å²) in [6.45, 7) is 3.61. The first-order valence-corrected chi connectivity index (χ1v) is 10.6. The first kappa shape index (κ1) is 20.3. The number of hydrogen-bond acceptors (Lipinski definition) is 5. The Hall–Kier alpha value is -2.97. The van der Waals surface area contributed by atoms with Gasteiger partial charge >= 0.3 is 6.03 Å². The van der Waals surface area contributed by atoms with Crippen molar-refractivity contribution in [2.45, 2.75) is 6.54 Å². The van der Waals surface area contributed by atoms with Crippen LogP contribution >= 0.6 is 11.3 Å². The van der Waals surface area contributed by atoms with Gasteiger partial charge in [0.25, 0.3) is 0 Å². The highest BCUT2D eigenvalue weighted by Crippen LogP contribution is 2.26. The number of methoxy groups -OCH3 is 1. The zero-order valence-electron chi connectivity index (χ0n) is 16.7. The van der Waals surface area contributed by atoms with Crippen LogP contribution in [0.5, 0.6) is 5.75 Å². The van der Waals surface area contributed by atoms with Gasteiger partial charge in [0.15, 0.2) is 0 Å². The van der Waals surface area contributed by atoms with Gasteiger partial charge in [0, 0.05) is 42.8 Å². The van der Waals surface area contributed by atoms with E-state index < -0.39 is 0 Å². The minimum Gasteiger partial charge on any atom is -0.497 e. The van der Waals surface area contributed by atoms with Gasteiger partial charge < -0.3 is 15.0 Å². The number of anilines is 1. The predicted molar refractivity (Wildman–Crippen MR) is 116 cm³/mol. The van der Waals surface area contributed by atoms with Crippen LogP contribution in [-0.4, -0.2) is 54.1 Å². The summed E-state index contributed by atoms with van der Waals surface area (Å²) in [5.41, 5.74) is 2.59. The van der Waals surface area contributed by atoms with Gasteiger partial charge in [0.1, 0.15) is 16.6 Å². The van der Waals surface area contributed by atoms with Crippen molar-refractivity contribution in [1.82, 2.24) is 14.8 Å². The van der Waals surface area contributed by atoms with Crippen molar-refractivity contribution >= 4 is 23.1 Å². The Balaban J connectivity index is 1.29. The van der Waals surface area contributed by atoms with Gasteiger partial charge in [-0.15, -0.1) is 11.3 Å². The van der Waals surface area contributed by atoms with Crippen molar-refractivity contribution in [2.24, 2.45) is 0 Å². The van der Waals surface area contributed by atoms with E-state index in [1.807, 2.05) is 24.3 Å². The topological polar surface area (TPSA) is 57.7 Å². The standard InChI is InChI=1S/C22H23FN4O2S/c1-29-19-4-2-3-16(13-19)20-15-30-21(25-20)14-26-9-11-27(12-10-26)22(28)24-18-7-5-17(23)6-8-18/h2-8,13,15H,9-12,14H2,1H3,(H,24,28). The number of rotatable bonds is 5. The third-order valence-corrected chi connectivity index (χ3v) is 5.86. The van der Waals surface area contributed by atoms with E-state index in [4.69, 9.17) is 9.72 Å². The summed E-state index contributed by atoms with van der Waals surface area (Å²) in [7, 11) is 1.66. The average molecular weight is 427 g/mol. The number of amides is 2. The number of thiazole rings is 1. The lowest BCUT2D eigenvalue weighted by atomic mass is 10.2. The normalized spacial score (nSPS) is 14.5. The fourth-order valence-corrected chi connectivity index (χ4v) is 4.18.